The summed E-state index contributed by atoms with van der Waals surface area (Å²) in [5, 5.41) is 9.15. The molecule has 0 amide bonds. The summed E-state index contributed by atoms with van der Waals surface area (Å²) in [6.45, 7) is 6.03. The molecule has 9 heavy (non-hydrogen) atoms. The van der Waals surface area contributed by atoms with Crippen molar-refractivity contribution in [1.29, 1.82) is 0 Å². The topological polar surface area (TPSA) is 20.2 Å². The van der Waals surface area contributed by atoms with Crippen molar-refractivity contribution in [2.45, 2.75) is 20.8 Å². The van der Waals surface area contributed by atoms with Gasteiger partial charge in [-0.25, -0.2) is 0 Å². The summed E-state index contributed by atoms with van der Waals surface area (Å²) >= 11 is 5.76. The smallest absolute Gasteiger partial charge is 0.0626 e. The van der Waals surface area contributed by atoms with Crippen LogP contribution in [0.5, 0.6) is 0 Å². The lowest BCUT2D eigenvalue weighted by atomic mass is 9.96. The highest BCUT2D eigenvalue weighted by molar-refractivity contribution is 6.30. The van der Waals surface area contributed by atoms with Crippen molar-refractivity contribution in [1.82, 2.24) is 0 Å². The lowest BCUT2D eigenvalue weighted by Crippen LogP contribution is -2.04. The number of aliphatic hydroxyl groups is 1. The molecule has 0 saturated heterocycles. The normalized spacial score (nSPS) is 14.1. The zero-order chi connectivity index (χ0) is 7.49. The van der Waals surface area contributed by atoms with Crippen LogP contribution < -0.4 is 0 Å². The van der Waals surface area contributed by atoms with Crippen molar-refractivity contribution >= 4 is 11.6 Å². The third-order valence-electron chi connectivity index (χ3n) is 0.987. The van der Waals surface area contributed by atoms with Crippen molar-refractivity contribution in [2.24, 2.45) is 5.41 Å². The molecule has 0 unspecified atom stereocenters. The number of allylic oxidation sites excluding steroid dienone is 1. The van der Waals surface area contributed by atoms with Gasteiger partial charge in [0.1, 0.15) is 0 Å². The molecule has 0 aliphatic carbocycles. The highest BCUT2D eigenvalue weighted by Crippen LogP contribution is 2.27. The van der Waals surface area contributed by atoms with E-state index in [4.69, 9.17) is 16.7 Å². The summed E-state index contributed by atoms with van der Waals surface area (Å²) < 4.78 is 0. The molecule has 0 bridgehead atoms. The molecule has 0 saturated carbocycles. The molecule has 0 aliphatic rings. The number of aliphatic hydroxyl groups excluding tert-OH is 1. The van der Waals surface area contributed by atoms with E-state index in [2.05, 4.69) is 0 Å². The van der Waals surface area contributed by atoms with Crippen LogP contribution >= 0.6 is 11.6 Å². The molecular formula is C7H13ClO. The first kappa shape index (κ1) is 8.99. The maximum atomic E-state index is 8.44. The molecule has 0 atom stereocenters. The third-order valence-corrected chi connectivity index (χ3v) is 1.71. The Labute approximate surface area is 61.3 Å². The SMILES string of the molecule is CC(C)(C)C(Cl)=CCO. The fraction of sp³-hybridized carbons (Fsp3) is 0.714. The average molecular weight is 149 g/mol. The first-order valence-corrected chi connectivity index (χ1v) is 3.33. The third kappa shape index (κ3) is 3.55. The van der Waals surface area contributed by atoms with Crippen LogP contribution in [0.3, 0.4) is 0 Å². The number of rotatable bonds is 1. The summed E-state index contributed by atoms with van der Waals surface area (Å²) in [6.07, 6.45) is 1.61. The Hall–Kier alpha value is -0.0100. The van der Waals surface area contributed by atoms with E-state index < -0.39 is 0 Å². The van der Waals surface area contributed by atoms with Gasteiger partial charge in [0.15, 0.2) is 0 Å². The van der Waals surface area contributed by atoms with Gasteiger partial charge in [-0.15, -0.1) is 0 Å². The maximum Gasteiger partial charge on any atom is 0.0626 e. The largest absolute Gasteiger partial charge is 0.392 e. The fourth-order valence-electron chi connectivity index (χ4n) is 0.386. The van der Waals surface area contributed by atoms with Crippen LogP contribution in [-0.2, 0) is 0 Å². The second kappa shape index (κ2) is 3.23. The molecule has 0 fully saturated rings. The van der Waals surface area contributed by atoms with Crippen LogP contribution in [0.25, 0.3) is 0 Å². The van der Waals surface area contributed by atoms with E-state index in [1.165, 1.54) is 0 Å². The Morgan fingerprint density at radius 1 is 1.56 bits per heavy atom. The summed E-state index contributed by atoms with van der Waals surface area (Å²) in [4.78, 5) is 0. The molecule has 0 spiro atoms. The van der Waals surface area contributed by atoms with Crippen molar-refractivity contribution in [3.05, 3.63) is 11.1 Å². The molecule has 0 aromatic carbocycles. The van der Waals surface area contributed by atoms with E-state index in [9.17, 15) is 0 Å². The first-order chi connectivity index (χ1) is 3.98. The minimum atomic E-state index is -0.0235. The highest BCUT2D eigenvalue weighted by Gasteiger charge is 2.13. The van der Waals surface area contributed by atoms with Crippen LogP contribution in [0, 0.1) is 5.41 Å². The van der Waals surface area contributed by atoms with Crippen LogP contribution in [0.4, 0.5) is 0 Å². The number of hydrogen-bond donors (Lipinski definition) is 1. The fourth-order valence-corrected chi connectivity index (χ4v) is 0.455. The van der Waals surface area contributed by atoms with Crippen molar-refractivity contribution in [3.8, 4) is 0 Å². The summed E-state index contributed by atoms with van der Waals surface area (Å²) in [5.41, 5.74) is -0.0235. The van der Waals surface area contributed by atoms with Gasteiger partial charge in [0.2, 0.25) is 0 Å². The summed E-state index contributed by atoms with van der Waals surface area (Å²) in [7, 11) is 0. The highest BCUT2D eigenvalue weighted by atomic mass is 35.5. The standard InChI is InChI=1S/C7H13ClO/c1-7(2,3)6(8)4-5-9/h4,9H,5H2,1-3H3. The predicted octanol–water partition coefficient (Wildman–Crippen LogP) is 2.15. The molecule has 0 radical (unpaired) electrons. The first-order valence-electron chi connectivity index (χ1n) is 2.95. The van der Waals surface area contributed by atoms with Crippen LogP contribution in [0.15, 0.2) is 11.1 Å². The Bertz CT molecular complexity index is 111. The van der Waals surface area contributed by atoms with Gasteiger partial charge in [-0.2, -0.15) is 0 Å². The lowest BCUT2D eigenvalue weighted by Gasteiger charge is -2.16. The van der Waals surface area contributed by atoms with E-state index in [1.807, 2.05) is 20.8 Å². The van der Waals surface area contributed by atoms with E-state index in [0.29, 0.717) is 5.03 Å². The predicted molar refractivity (Wildman–Crippen MR) is 40.5 cm³/mol. The Morgan fingerprint density at radius 3 is 2.11 bits per heavy atom. The van der Waals surface area contributed by atoms with E-state index in [1.54, 1.807) is 6.08 Å². The molecule has 2 heteroatoms. The molecule has 0 heterocycles. The average Bonchev–Trinajstić information content (AvgIpc) is 1.64. The number of halogens is 1. The molecule has 0 aromatic heterocycles. The van der Waals surface area contributed by atoms with Crippen molar-refractivity contribution < 1.29 is 5.11 Å². The quantitative estimate of drug-likeness (QED) is 0.604. The van der Waals surface area contributed by atoms with Gasteiger partial charge in [-0.1, -0.05) is 32.4 Å². The van der Waals surface area contributed by atoms with Gasteiger partial charge in [0.05, 0.1) is 6.61 Å². The lowest BCUT2D eigenvalue weighted by molar-refractivity contribution is 0.339. The Kier molecular flexibility index (Phi) is 3.23. The zero-order valence-electron chi connectivity index (χ0n) is 6.11. The monoisotopic (exact) mass is 148 g/mol. The van der Waals surface area contributed by atoms with Crippen LogP contribution in [0.1, 0.15) is 20.8 Å². The summed E-state index contributed by atoms with van der Waals surface area (Å²) in [5.74, 6) is 0. The minimum Gasteiger partial charge on any atom is -0.392 e. The van der Waals surface area contributed by atoms with Gasteiger partial charge >= 0.3 is 0 Å². The molecular weight excluding hydrogens is 136 g/mol. The second-order valence-electron chi connectivity index (χ2n) is 2.98. The molecule has 0 rings (SSSR count). The second-order valence-corrected chi connectivity index (χ2v) is 3.39. The van der Waals surface area contributed by atoms with Gasteiger partial charge in [-0.05, 0) is 11.5 Å². The van der Waals surface area contributed by atoms with Crippen LogP contribution in [0.2, 0.25) is 0 Å². The molecule has 0 aliphatic heterocycles. The molecule has 0 aromatic rings. The molecule has 1 N–H and O–H groups in total. The Balaban J connectivity index is 4.03. The van der Waals surface area contributed by atoms with Crippen molar-refractivity contribution in [2.75, 3.05) is 6.61 Å². The van der Waals surface area contributed by atoms with Gasteiger partial charge < -0.3 is 5.11 Å². The summed E-state index contributed by atoms with van der Waals surface area (Å²) in [6, 6.07) is 0. The van der Waals surface area contributed by atoms with Gasteiger partial charge in [0, 0.05) is 5.03 Å². The Morgan fingerprint density at radius 2 is 2.00 bits per heavy atom. The zero-order valence-corrected chi connectivity index (χ0v) is 6.87. The van der Waals surface area contributed by atoms with Crippen LogP contribution in [-0.4, -0.2) is 11.7 Å². The van der Waals surface area contributed by atoms with Crippen molar-refractivity contribution in [3.63, 3.8) is 0 Å². The van der Waals surface area contributed by atoms with E-state index in [0.717, 1.165) is 0 Å². The van der Waals surface area contributed by atoms with E-state index in [-0.39, 0.29) is 12.0 Å². The van der Waals surface area contributed by atoms with Gasteiger partial charge in [0.25, 0.3) is 0 Å². The minimum absolute atomic E-state index is 0.0235. The van der Waals surface area contributed by atoms with E-state index >= 15 is 0 Å². The number of hydrogen-bond acceptors (Lipinski definition) is 1. The maximum absolute atomic E-state index is 8.44. The molecule has 54 valence electrons. The molecule has 1 nitrogen and oxygen atoms in total. The van der Waals surface area contributed by atoms with Gasteiger partial charge in [-0.3, -0.25) is 0 Å².